The van der Waals surface area contributed by atoms with Crippen LogP contribution in [0.1, 0.15) is 29.2 Å². The molecule has 0 amide bonds. The fraction of sp³-hybridized carbons (Fsp3) is 0.280. The molecule has 0 aliphatic rings. The fourth-order valence-corrected chi connectivity index (χ4v) is 3.95. The summed E-state index contributed by atoms with van der Waals surface area (Å²) in [7, 11) is 0. The van der Waals surface area contributed by atoms with Gasteiger partial charge in [-0.2, -0.15) is 0 Å². The van der Waals surface area contributed by atoms with E-state index in [0.717, 1.165) is 29.7 Å². The van der Waals surface area contributed by atoms with Crippen LogP contribution in [-0.4, -0.2) is 13.2 Å². The molecular formula is C25H26Cl3NO2. The summed E-state index contributed by atoms with van der Waals surface area (Å²) in [6.45, 7) is 6.39. The average Bonchev–Trinajstić information content (AvgIpc) is 2.73. The summed E-state index contributed by atoms with van der Waals surface area (Å²) in [5.74, 6) is 1.34. The molecule has 0 unspecified atom stereocenters. The first-order chi connectivity index (χ1) is 15.0. The van der Waals surface area contributed by atoms with Crippen molar-refractivity contribution in [2.24, 2.45) is 0 Å². The van der Waals surface area contributed by atoms with Crippen LogP contribution in [0.15, 0.2) is 54.6 Å². The van der Waals surface area contributed by atoms with E-state index in [1.165, 1.54) is 5.56 Å². The highest BCUT2D eigenvalue weighted by molar-refractivity contribution is 6.35. The largest absolute Gasteiger partial charge is 0.490 e. The minimum atomic E-state index is 0.456. The lowest BCUT2D eigenvalue weighted by Gasteiger charge is -2.16. The second-order valence-corrected chi connectivity index (χ2v) is 8.51. The Balaban J connectivity index is 1.62. The highest BCUT2D eigenvalue weighted by Crippen LogP contribution is 2.34. The number of ether oxygens (including phenoxy) is 2. The first-order valence-corrected chi connectivity index (χ1v) is 11.4. The van der Waals surface area contributed by atoms with Crippen LogP contribution >= 0.6 is 34.8 Å². The van der Waals surface area contributed by atoms with Gasteiger partial charge in [0.25, 0.3) is 0 Å². The van der Waals surface area contributed by atoms with E-state index in [2.05, 4.69) is 24.4 Å². The molecule has 0 aliphatic heterocycles. The smallest absolute Gasteiger partial charge is 0.163 e. The zero-order valence-electron chi connectivity index (χ0n) is 17.7. The topological polar surface area (TPSA) is 30.5 Å². The molecule has 1 N–H and O–H groups in total. The molecule has 0 heterocycles. The zero-order chi connectivity index (χ0) is 22.2. The van der Waals surface area contributed by atoms with Gasteiger partial charge in [-0.15, -0.1) is 0 Å². The SMILES string of the molecule is CCOc1cc(CNCCc2ccc(Cl)cc2Cl)c(Cl)cc1OCc1cccc(C)c1. The number of aryl methyl sites for hydroxylation is 1. The van der Waals surface area contributed by atoms with Gasteiger partial charge in [-0.1, -0.05) is 70.7 Å². The van der Waals surface area contributed by atoms with E-state index in [1.54, 1.807) is 6.07 Å². The maximum absolute atomic E-state index is 6.54. The molecule has 6 heteroatoms. The summed E-state index contributed by atoms with van der Waals surface area (Å²) in [4.78, 5) is 0. The molecule has 0 bridgehead atoms. The van der Waals surface area contributed by atoms with Gasteiger partial charge in [0.2, 0.25) is 0 Å². The fourth-order valence-electron chi connectivity index (χ4n) is 3.23. The van der Waals surface area contributed by atoms with Crippen molar-refractivity contribution in [3.05, 3.63) is 91.9 Å². The summed E-state index contributed by atoms with van der Waals surface area (Å²) in [6.07, 6.45) is 0.795. The van der Waals surface area contributed by atoms with Crippen LogP contribution in [0.2, 0.25) is 15.1 Å². The predicted octanol–water partition coefficient (Wildman–Crippen LogP) is 7.27. The van der Waals surface area contributed by atoms with E-state index in [9.17, 15) is 0 Å². The van der Waals surface area contributed by atoms with E-state index in [1.807, 2.05) is 43.3 Å². The summed E-state index contributed by atoms with van der Waals surface area (Å²) in [5.41, 5.74) is 4.31. The van der Waals surface area contributed by atoms with E-state index >= 15 is 0 Å². The van der Waals surface area contributed by atoms with Crippen molar-refractivity contribution in [2.45, 2.75) is 33.4 Å². The quantitative estimate of drug-likeness (QED) is 0.311. The van der Waals surface area contributed by atoms with Gasteiger partial charge >= 0.3 is 0 Å². The summed E-state index contributed by atoms with van der Waals surface area (Å²) >= 11 is 18.7. The first-order valence-electron chi connectivity index (χ1n) is 10.2. The van der Waals surface area contributed by atoms with Crippen molar-refractivity contribution >= 4 is 34.8 Å². The van der Waals surface area contributed by atoms with Crippen molar-refractivity contribution in [2.75, 3.05) is 13.2 Å². The van der Waals surface area contributed by atoms with Gasteiger partial charge in [0.1, 0.15) is 6.61 Å². The molecule has 3 aromatic rings. The lowest BCUT2D eigenvalue weighted by atomic mass is 10.1. The van der Waals surface area contributed by atoms with Crippen molar-refractivity contribution < 1.29 is 9.47 Å². The molecule has 0 saturated heterocycles. The average molecular weight is 479 g/mol. The van der Waals surface area contributed by atoms with Crippen LogP contribution in [-0.2, 0) is 19.6 Å². The van der Waals surface area contributed by atoms with Crippen molar-refractivity contribution in [3.8, 4) is 11.5 Å². The van der Waals surface area contributed by atoms with E-state index in [0.29, 0.717) is 46.3 Å². The third-order valence-electron chi connectivity index (χ3n) is 4.79. The molecule has 0 spiro atoms. The van der Waals surface area contributed by atoms with E-state index < -0.39 is 0 Å². The Kier molecular flexibility index (Phi) is 8.91. The summed E-state index contributed by atoms with van der Waals surface area (Å²) in [5, 5.41) is 5.37. The second-order valence-electron chi connectivity index (χ2n) is 7.26. The molecule has 0 fully saturated rings. The molecule has 31 heavy (non-hydrogen) atoms. The maximum Gasteiger partial charge on any atom is 0.163 e. The normalized spacial score (nSPS) is 10.9. The molecule has 0 atom stereocenters. The molecule has 3 nitrogen and oxygen atoms in total. The Morgan fingerprint density at radius 2 is 1.61 bits per heavy atom. The van der Waals surface area contributed by atoms with Crippen LogP contribution < -0.4 is 14.8 Å². The van der Waals surface area contributed by atoms with Crippen LogP contribution in [0.5, 0.6) is 11.5 Å². The minimum absolute atomic E-state index is 0.456. The van der Waals surface area contributed by atoms with Gasteiger partial charge in [0.15, 0.2) is 11.5 Å². The monoisotopic (exact) mass is 477 g/mol. The van der Waals surface area contributed by atoms with Crippen LogP contribution in [0, 0.1) is 6.92 Å². The van der Waals surface area contributed by atoms with Gasteiger partial charge in [-0.25, -0.2) is 0 Å². The molecule has 0 aliphatic carbocycles. The predicted molar refractivity (Wildman–Crippen MR) is 130 cm³/mol. The second kappa shape index (κ2) is 11.6. The highest BCUT2D eigenvalue weighted by atomic mass is 35.5. The zero-order valence-corrected chi connectivity index (χ0v) is 19.9. The van der Waals surface area contributed by atoms with Crippen molar-refractivity contribution in [1.29, 1.82) is 0 Å². The third-order valence-corrected chi connectivity index (χ3v) is 5.73. The molecule has 0 aromatic heterocycles. The number of rotatable bonds is 10. The Morgan fingerprint density at radius 3 is 2.35 bits per heavy atom. The Labute approximate surface area is 199 Å². The lowest BCUT2D eigenvalue weighted by Crippen LogP contribution is -2.17. The molecule has 3 aromatic carbocycles. The van der Waals surface area contributed by atoms with E-state index in [-0.39, 0.29) is 0 Å². The molecular weight excluding hydrogens is 453 g/mol. The van der Waals surface area contributed by atoms with Gasteiger partial charge in [-0.3, -0.25) is 0 Å². The standard InChI is InChI=1S/C25H26Cl3NO2/c1-3-30-24-12-20(15-29-10-9-19-7-8-21(26)13-22(19)27)23(28)14-25(24)31-16-18-6-4-5-17(2)11-18/h4-8,11-14,29H,3,9-10,15-16H2,1-2H3. The Bertz CT molecular complexity index is 1020. The highest BCUT2D eigenvalue weighted by Gasteiger charge is 2.12. The molecule has 164 valence electrons. The molecule has 0 radical (unpaired) electrons. The van der Waals surface area contributed by atoms with Gasteiger partial charge < -0.3 is 14.8 Å². The van der Waals surface area contributed by atoms with E-state index in [4.69, 9.17) is 44.3 Å². The number of hydrogen-bond acceptors (Lipinski definition) is 3. The number of hydrogen-bond donors (Lipinski definition) is 1. The van der Waals surface area contributed by atoms with Crippen LogP contribution in [0.25, 0.3) is 0 Å². The summed E-state index contributed by atoms with van der Waals surface area (Å²) in [6, 6.07) is 17.6. The van der Waals surface area contributed by atoms with Crippen molar-refractivity contribution in [3.63, 3.8) is 0 Å². The third kappa shape index (κ3) is 7.05. The molecule has 3 rings (SSSR count). The van der Waals surface area contributed by atoms with Gasteiger partial charge in [-0.05, 0) is 61.7 Å². The number of benzene rings is 3. The summed E-state index contributed by atoms with van der Waals surface area (Å²) < 4.78 is 11.8. The lowest BCUT2D eigenvalue weighted by molar-refractivity contribution is 0.269. The van der Waals surface area contributed by atoms with Crippen LogP contribution in [0.4, 0.5) is 0 Å². The minimum Gasteiger partial charge on any atom is -0.490 e. The molecule has 0 saturated carbocycles. The number of nitrogens with one attached hydrogen (secondary N) is 1. The van der Waals surface area contributed by atoms with Crippen molar-refractivity contribution in [1.82, 2.24) is 5.32 Å². The Morgan fingerprint density at radius 1 is 0.839 bits per heavy atom. The van der Waals surface area contributed by atoms with Crippen LogP contribution in [0.3, 0.4) is 0 Å². The maximum atomic E-state index is 6.54. The van der Waals surface area contributed by atoms with Gasteiger partial charge in [0, 0.05) is 27.7 Å². The van der Waals surface area contributed by atoms with Gasteiger partial charge in [0.05, 0.1) is 6.61 Å². The first kappa shape index (κ1) is 23.7. The number of halogens is 3. The Hall–Kier alpha value is -1.91.